The van der Waals surface area contributed by atoms with E-state index in [1.807, 2.05) is 36.4 Å². The zero-order valence-corrected chi connectivity index (χ0v) is 34.0. The number of rotatable bonds is 28. The largest absolute Gasteiger partial charge is 0.491 e. The van der Waals surface area contributed by atoms with Crippen molar-refractivity contribution in [3.63, 3.8) is 0 Å². The van der Waals surface area contributed by atoms with Crippen molar-refractivity contribution < 1.29 is 28.5 Å². The zero-order valence-electron chi connectivity index (χ0n) is 34.0. The van der Waals surface area contributed by atoms with Crippen LogP contribution in [0.25, 0.3) is 6.08 Å². The number of hydrogen-bond acceptors (Lipinski definition) is 6. The molecule has 6 nitrogen and oxygen atoms in total. The summed E-state index contributed by atoms with van der Waals surface area (Å²) in [4.78, 5) is 14.5. The van der Waals surface area contributed by atoms with Crippen LogP contribution in [0.3, 0.4) is 0 Å². The van der Waals surface area contributed by atoms with Gasteiger partial charge in [0.2, 0.25) is 0 Å². The summed E-state index contributed by atoms with van der Waals surface area (Å²) in [5.41, 5.74) is 1.20. The van der Waals surface area contributed by atoms with Gasteiger partial charge in [-0.25, -0.2) is 0 Å². The van der Waals surface area contributed by atoms with Crippen molar-refractivity contribution in [1.29, 1.82) is 0 Å². The number of allylic oxidation sites excluding steroid dienone is 1. The first-order valence-electron chi connectivity index (χ1n) is 20.4. The maximum absolute atomic E-state index is 14.5. The first kappa shape index (κ1) is 44.0. The van der Waals surface area contributed by atoms with E-state index in [1.54, 1.807) is 6.08 Å². The van der Waals surface area contributed by atoms with Crippen LogP contribution in [0.15, 0.2) is 36.4 Å². The molecule has 0 aliphatic carbocycles. The number of benzene rings is 2. The number of carbonyl (C=O) groups excluding carboxylic acids is 1. The third-order valence-electron chi connectivity index (χ3n) is 9.19. The fraction of sp³-hybridized carbons (Fsp3) is 0.667. The first-order chi connectivity index (χ1) is 24.6. The number of unbranched alkanes of at least 4 members (excludes halogenated alkanes) is 5. The van der Waals surface area contributed by atoms with Gasteiger partial charge in [-0.15, -0.1) is 0 Å². The number of carbonyl (C=O) groups is 1. The standard InChI is InChI=1S/C45H72O6/c1-11-16-21-33(6)47-39-27-29-41(48-34(7)22-17-12-2)38(32-39)26-28-40(46)44-42(49-35(8)23-18-13-3)30-31-43(50-36(9)24-19-14-4)45(44)51-37(10)25-20-15-5/h26-37H,11-25H2,1-10H3. The molecule has 2 aromatic carbocycles. The summed E-state index contributed by atoms with van der Waals surface area (Å²) in [5.74, 6) is 2.85. The summed E-state index contributed by atoms with van der Waals surface area (Å²) >= 11 is 0. The minimum absolute atomic E-state index is 0.0242. The summed E-state index contributed by atoms with van der Waals surface area (Å²) in [6.07, 6.45) is 18.9. The molecular formula is C45H72O6. The fourth-order valence-corrected chi connectivity index (χ4v) is 6.01. The van der Waals surface area contributed by atoms with Crippen LogP contribution in [0.4, 0.5) is 0 Å². The molecule has 0 saturated carbocycles. The Labute approximate surface area is 312 Å². The van der Waals surface area contributed by atoms with Crippen LogP contribution in [-0.4, -0.2) is 36.3 Å². The van der Waals surface area contributed by atoms with Crippen LogP contribution in [0.1, 0.15) is 181 Å². The molecule has 0 N–H and O–H groups in total. The monoisotopic (exact) mass is 709 g/mol. The topological polar surface area (TPSA) is 63.2 Å². The highest BCUT2D eigenvalue weighted by atomic mass is 16.5. The lowest BCUT2D eigenvalue weighted by Gasteiger charge is -2.25. The molecule has 0 fully saturated rings. The molecule has 5 atom stereocenters. The van der Waals surface area contributed by atoms with Crippen molar-refractivity contribution in [3.05, 3.63) is 47.5 Å². The van der Waals surface area contributed by atoms with E-state index in [0.29, 0.717) is 22.8 Å². The van der Waals surface area contributed by atoms with Crippen molar-refractivity contribution in [3.8, 4) is 28.7 Å². The maximum atomic E-state index is 14.5. The third-order valence-corrected chi connectivity index (χ3v) is 9.19. The van der Waals surface area contributed by atoms with Gasteiger partial charge in [0.05, 0.1) is 30.5 Å². The lowest BCUT2D eigenvalue weighted by Crippen LogP contribution is -2.19. The lowest BCUT2D eigenvalue weighted by molar-refractivity contribution is 0.102. The molecule has 0 heterocycles. The SMILES string of the molecule is CCCCC(C)Oc1ccc(OC(C)CCCC)c(C=CC(=O)c2c(OC(C)CCCC)ccc(OC(C)CCCC)c2OC(C)CCCC)c1. The molecule has 2 rings (SSSR count). The Hall–Kier alpha value is -3.15. The number of hydrogen-bond donors (Lipinski definition) is 0. The van der Waals surface area contributed by atoms with E-state index in [-0.39, 0.29) is 36.3 Å². The van der Waals surface area contributed by atoms with E-state index in [0.717, 1.165) is 113 Å². The molecule has 0 saturated heterocycles. The van der Waals surface area contributed by atoms with Crippen LogP contribution in [0, 0.1) is 0 Å². The Morgan fingerprint density at radius 2 is 0.922 bits per heavy atom. The molecule has 0 aliphatic rings. The molecule has 2 aromatic rings. The van der Waals surface area contributed by atoms with Gasteiger partial charge in [-0.2, -0.15) is 0 Å². The van der Waals surface area contributed by atoms with E-state index in [9.17, 15) is 4.79 Å². The predicted molar refractivity (Wildman–Crippen MR) is 214 cm³/mol. The minimum atomic E-state index is -0.204. The summed E-state index contributed by atoms with van der Waals surface area (Å²) in [5, 5.41) is 0. The quantitative estimate of drug-likeness (QED) is 0.0648. The molecule has 0 bridgehead atoms. The minimum Gasteiger partial charge on any atom is -0.491 e. The molecule has 0 aromatic heterocycles. The van der Waals surface area contributed by atoms with E-state index in [4.69, 9.17) is 23.7 Å². The van der Waals surface area contributed by atoms with Crippen LogP contribution in [0.5, 0.6) is 28.7 Å². The second-order valence-electron chi connectivity index (χ2n) is 14.5. The molecule has 0 spiro atoms. The van der Waals surface area contributed by atoms with E-state index >= 15 is 0 Å². The van der Waals surface area contributed by atoms with Crippen LogP contribution in [-0.2, 0) is 0 Å². The Bertz CT molecular complexity index is 1290. The van der Waals surface area contributed by atoms with Gasteiger partial charge in [-0.3, -0.25) is 4.79 Å². The van der Waals surface area contributed by atoms with E-state index in [1.165, 1.54) is 0 Å². The highest BCUT2D eigenvalue weighted by Crippen LogP contribution is 2.41. The Balaban J connectivity index is 2.67. The average molecular weight is 709 g/mol. The van der Waals surface area contributed by atoms with Gasteiger partial charge >= 0.3 is 0 Å². The Kier molecular flexibility index (Phi) is 21.5. The van der Waals surface area contributed by atoms with Crippen molar-refractivity contribution in [2.45, 2.75) is 196 Å². The molecular weight excluding hydrogens is 636 g/mol. The highest BCUT2D eigenvalue weighted by molar-refractivity contribution is 6.11. The van der Waals surface area contributed by atoms with Crippen molar-refractivity contribution in [1.82, 2.24) is 0 Å². The Morgan fingerprint density at radius 3 is 1.41 bits per heavy atom. The summed E-state index contributed by atoms with van der Waals surface area (Å²) in [6, 6.07) is 9.71. The van der Waals surface area contributed by atoms with E-state index < -0.39 is 0 Å². The Morgan fingerprint density at radius 1 is 0.529 bits per heavy atom. The molecule has 0 aliphatic heterocycles. The lowest BCUT2D eigenvalue weighted by atomic mass is 10.0. The molecule has 0 radical (unpaired) electrons. The third kappa shape index (κ3) is 16.4. The van der Waals surface area contributed by atoms with Gasteiger partial charge in [0.1, 0.15) is 22.8 Å². The van der Waals surface area contributed by atoms with Gasteiger partial charge in [0.15, 0.2) is 17.3 Å². The summed E-state index contributed by atoms with van der Waals surface area (Å²) < 4.78 is 32.5. The van der Waals surface area contributed by atoms with Gasteiger partial charge < -0.3 is 23.7 Å². The molecule has 0 amide bonds. The molecule has 51 heavy (non-hydrogen) atoms. The van der Waals surface area contributed by atoms with Gasteiger partial charge in [0, 0.05) is 5.56 Å². The van der Waals surface area contributed by atoms with Gasteiger partial charge in [-0.05, 0) is 109 Å². The maximum Gasteiger partial charge on any atom is 0.193 e. The summed E-state index contributed by atoms with van der Waals surface area (Å²) in [7, 11) is 0. The number of ether oxygens (including phenoxy) is 5. The smallest absolute Gasteiger partial charge is 0.193 e. The second kappa shape index (κ2) is 24.9. The van der Waals surface area contributed by atoms with Crippen LogP contribution < -0.4 is 23.7 Å². The molecule has 288 valence electrons. The zero-order chi connectivity index (χ0) is 37.6. The first-order valence-corrected chi connectivity index (χ1v) is 20.4. The van der Waals surface area contributed by atoms with Crippen molar-refractivity contribution >= 4 is 11.9 Å². The van der Waals surface area contributed by atoms with Crippen molar-refractivity contribution in [2.24, 2.45) is 0 Å². The average Bonchev–Trinajstić information content (AvgIpc) is 3.11. The van der Waals surface area contributed by atoms with E-state index in [2.05, 4.69) is 69.2 Å². The number of ketones is 1. The second-order valence-corrected chi connectivity index (χ2v) is 14.5. The summed E-state index contributed by atoms with van der Waals surface area (Å²) in [6.45, 7) is 21.3. The van der Waals surface area contributed by atoms with Crippen molar-refractivity contribution in [2.75, 3.05) is 0 Å². The van der Waals surface area contributed by atoms with Gasteiger partial charge in [-0.1, -0.05) is 98.8 Å². The molecule has 6 heteroatoms. The predicted octanol–water partition coefficient (Wildman–Crippen LogP) is 13.4. The normalized spacial score (nSPS) is 14.5. The van der Waals surface area contributed by atoms with Crippen LogP contribution >= 0.6 is 0 Å². The highest BCUT2D eigenvalue weighted by Gasteiger charge is 2.26. The van der Waals surface area contributed by atoms with Gasteiger partial charge in [0.25, 0.3) is 0 Å². The fourth-order valence-electron chi connectivity index (χ4n) is 6.01. The van der Waals surface area contributed by atoms with Crippen LogP contribution in [0.2, 0.25) is 0 Å². The molecule has 5 unspecified atom stereocenters.